The first-order valence-corrected chi connectivity index (χ1v) is 10.4. The van der Waals surface area contributed by atoms with Crippen molar-refractivity contribution in [3.05, 3.63) is 60.2 Å². The van der Waals surface area contributed by atoms with Crippen LogP contribution in [0.4, 0.5) is 0 Å². The van der Waals surface area contributed by atoms with Gasteiger partial charge in [-0.3, -0.25) is 14.6 Å². The molecule has 2 saturated heterocycles. The Kier molecular flexibility index (Phi) is 5.35. The van der Waals surface area contributed by atoms with Crippen LogP contribution in [0.15, 0.2) is 48.9 Å². The van der Waals surface area contributed by atoms with E-state index in [0.717, 1.165) is 37.7 Å². The summed E-state index contributed by atoms with van der Waals surface area (Å²) < 4.78 is 0. The van der Waals surface area contributed by atoms with Crippen LogP contribution in [-0.4, -0.2) is 49.7 Å². The van der Waals surface area contributed by atoms with Crippen LogP contribution in [-0.2, 0) is 4.79 Å². The second-order valence-electron chi connectivity index (χ2n) is 8.33. The normalized spacial score (nSPS) is 27.1. The van der Waals surface area contributed by atoms with Crippen LogP contribution < -0.4 is 0 Å². The summed E-state index contributed by atoms with van der Waals surface area (Å²) in [6.07, 6.45) is 9.39. The summed E-state index contributed by atoms with van der Waals surface area (Å²) in [5.74, 6) is -0.0234. The van der Waals surface area contributed by atoms with Gasteiger partial charge in [0.2, 0.25) is 5.91 Å². The topological polar surface area (TPSA) is 66.4 Å². The highest BCUT2D eigenvalue weighted by atomic mass is 16.2. The first kappa shape index (κ1) is 19.6. The Morgan fingerprint density at radius 3 is 2.59 bits per heavy atom. The fraction of sp³-hybridized carbons (Fsp3) is 0.478. The summed E-state index contributed by atoms with van der Waals surface area (Å²) in [6.45, 7) is 4.47. The largest absolute Gasteiger partial charge is 0.330 e. The van der Waals surface area contributed by atoms with E-state index in [9.17, 15) is 9.59 Å². The van der Waals surface area contributed by atoms with Crippen molar-refractivity contribution in [2.24, 2.45) is 0 Å². The molecule has 6 nitrogen and oxygen atoms in total. The molecule has 0 bridgehead atoms. The van der Waals surface area contributed by atoms with E-state index in [2.05, 4.69) is 29.0 Å². The quantitative estimate of drug-likeness (QED) is 0.783. The molecule has 1 aromatic carbocycles. The molecule has 2 fully saturated rings. The molecule has 0 unspecified atom stereocenters. The second-order valence-corrected chi connectivity index (χ2v) is 8.33. The van der Waals surface area contributed by atoms with Crippen LogP contribution >= 0.6 is 0 Å². The highest BCUT2D eigenvalue weighted by molar-refractivity contribution is 5.92. The van der Waals surface area contributed by atoms with E-state index in [0.29, 0.717) is 12.2 Å². The third kappa shape index (κ3) is 3.52. The Hall–Kier alpha value is -2.76. The Morgan fingerprint density at radius 1 is 1.10 bits per heavy atom. The number of fused-ring (bicyclic) bond motifs is 1. The Bertz CT molecular complexity index is 873. The number of aromatic nitrogens is 2. The van der Waals surface area contributed by atoms with Crippen LogP contribution in [0.25, 0.3) is 0 Å². The summed E-state index contributed by atoms with van der Waals surface area (Å²) in [7, 11) is 0. The average molecular weight is 393 g/mol. The number of carbonyl (C=O) groups is 2. The maximum absolute atomic E-state index is 13.5. The summed E-state index contributed by atoms with van der Waals surface area (Å²) in [6, 6.07) is 10.1. The van der Waals surface area contributed by atoms with Crippen LogP contribution in [0, 0.1) is 0 Å². The lowest BCUT2D eigenvalue weighted by Crippen LogP contribution is -2.58. The zero-order valence-electron chi connectivity index (χ0n) is 17.1. The van der Waals surface area contributed by atoms with Gasteiger partial charge in [-0.25, -0.2) is 4.98 Å². The second kappa shape index (κ2) is 7.93. The number of carbonyl (C=O) groups excluding carboxylic acids is 2. The van der Waals surface area contributed by atoms with Gasteiger partial charge < -0.3 is 9.80 Å². The van der Waals surface area contributed by atoms with Gasteiger partial charge in [-0.15, -0.1) is 0 Å². The number of rotatable bonds is 2. The standard InChI is InChI=1S/C23H28N4O2/c1-17(28)27-20(18-9-5-3-6-10-18)15-23(2)21(27)11-7-4-8-14-26(23)22(29)19-16-24-12-13-25-19/h3,5-6,9-10,12-13,16,20-21H,4,7-8,11,14-15H2,1-2H3/t20-,21-,23-/m0/s1. The zero-order valence-corrected chi connectivity index (χ0v) is 17.1. The van der Waals surface area contributed by atoms with Gasteiger partial charge in [0.1, 0.15) is 5.69 Å². The molecule has 0 saturated carbocycles. The van der Waals surface area contributed by atoms with Gasteiger partial charge in [0.15, 0.2) is 0 Å². The lowest BCUT2D eigenvalue weighted by molar-refractivity contribution is -0.133. The maximum Gasteiger partial charge on any atom is 0.274 e. The molecule has 152 valence electrons. The number of amides is 2. The van der Waals surface area contributed by atoms with E-state index in [4.69, 9.17) is 0 Å². The molecule has 2 aliphatic heterocycles. The van der Waals surface area contributed by atoms with Gasteiger partial charge >= 0.3 is 0 Å². The summed E-state index contributed by atoms with van der Waals surface area (Å²) in [5, 5.41) is 0. The van der Waals surface area contributed by atoms with Crippen molar-refractivity contribution >= 4 is 11.8 Å². The third-order valence-corrected chi connectivity index (χ3v) is 6.55. The summed E-state index contributed by atoms with van der Waals surface area (Å²) in [5.41, 5.74) is 1.05. The number of hydrogen-bond acceptors (Lipinski definition) is 4. The molecule has 1 aromatic heterocycles. The monoisotopic (exact) mass is 392 g/mol. The van der Waals surface area contributed by atoms with E-state index < -0.39 is 5.54 Å². The molecule has 0 spiro atoms. The van der Waals surface area contributed by atoms with E-state index in [-0.39, 0.29) is 23.9 Å². The van der Waals surface area contributed by atoms with Crippen molar-refractivity contribution in [1.82, 2.24) is 19.8 Å². The molecule has 2 aromatic rings. The van der Waals surface area contributed by atoms with E-state index >= 15 is 0 Å². The number of likely N-dealkylation sites (tertiary alicyclic amines) is 2. The van der Waals surface area contributed by atoms with Gasteiger partial charge in [0.25, 0.3) is 5.91 Å². The highest BCUT2D eigenvalue weighted by Crippen LogP contribution is 2.48. The van der Waals surface area contributed by atoms with Crippen molar-refractivity contribution in [3.63, 3.8) is 0 Å². The highest BCUT2D eigenvalue weighted by Gasteiger charge is 2.55. The Labute approximate surface area is 172 Å². The number of nitrogens with zero attached hydrogens (tertiary/aromatic N) is 4. The molecule has 3 atom stereocenters. The van der Waals surface area contributed by atoms with Gasteiger partial charge in [0, 0.05) is 25.9 Å². The smallest absolute Gasteiger partial charge is 0.274 e. The molecule has 2 amide bonds. The van der Waals surface area contributed by atoms with Gasteiger partial charge in [-0.1, -0.05) is 43.2 Å². The summed E-state index contributed by atoms with van der Waals surface area (Å²) in [4.78, 5) is 38.6. The van der Waals surface area contributed by atoms with Gasteiger partial charge in [0.05, 0.1) is 23.8 Å². The van der Waals surface area contributed by atoms with Crippen molar-refractivity contribution < 1.29 is 9.59 Å². The molecule has 3 heterocycles. The first-order chi connectivity index (χ1) is 14.0. The predicted molar refractivity (Wildman–Crippen MR) is 110 cm³/mol. The SMILES string of the molecule is CC(=O)N1[C@H]2CCCCCN(C(=O)c3cnccn3)[C@@]2(C)C[C@H]1c1ccccc1. The molecule has 0 N–H and O–H groups in total. The molecule has 4 rings (SSSR count). The lowest BCUT2D eigenvalue weighted by atomic mass is 9.83. The molecule has 6 heteroatoms. The van der Waals surface area contributed by atoms with Crippen LogP contribution in [0.5, 0.6) is 0 Å². The minimum atomic E-state index is -0.443. The van der Waals surface area contributed by atoms with Gasteiger partial charge in [-0.05, 0) is 31.7 Å². The predicted octanol–water partition coefficient (Wildman–Crippen LogP) is 3.61. The molecule has 2 aliphatic rings. The Balaban J connectivity index is 1.77. The van der Waals surface area contributed by atoms with Crippen molar-refractivity contribution in [1.29, 1.82) is 0 Å². The molecule has 29 heavy (non-hydrogen) atoms. The number of hydrogen-bond donors (Lipinski definition) is 0. The molecular weight excluding hydrogens is 364 g/mol. The lowest BCUT2D eigenvalue weighted by Gasteiger charge is -2.45. The van der Waals surface area contributed by atoms with Crippen molar-refractivity contribution in [2.45, 2.75) is 63.6 Å². The van der Waals surface area contributed by atoms with E-state index in [1.807, 2.05) is 28.0 Å². The van der Waals surface area contributed by atoms with Crippen LogP contribution in [0.1, 0.15) is 68.0 Å². The molecular formula is C23H28N4O2. The van der Waals surface area contributed by atoms with Crippen molar-refractivity contribution in [2.75, 3.05) is 6.54 Å². The zero-order chi connectivity index (χ0) is 20.4. The first-order valence-electron chi connectivity index (χ1n) is 10.4. The molecule has 0 radical (unpaired) electrons. The fourth-order valence-corrected chi connectivity index (χ4v) is 5.20. The van der Waals surface area contributed by atoms with E-state index in [1.54, 1.807) is 19.3 Å². The minimum absolute atomic E-state index is 0.00822. The third-order valence-electron chi connectivity index (χ3n) is 6.55. The maximum atomic E-state index is 13.5. The van der Waals surface area contributed by atoms with Gasteiger partial charge in [-0.2, -0.15) is 0 Å². The van der Waals surface area contributed by atoms with E-state index in [1.165, 1.54) is 6.20 Å². The fourth-order valence-electron chi connectivity index (χ4n) is 5.20. The minimum Gasteiger partial charge on any atom is -0.330 e. The van der Waals surface area contributed by atoms with Crippen molar-refractivity contribution in [3.8, 4) is 0 Å². The number of benzene rings is 1. The van der Waals surface area contributed by atoms with Crippen LogP contribution in [0.3, 0.4) is 0 Å². The van der Waals surface area contributed by atoms with Crippen LogP contribution in [0.2, 0.25) is 0 Å². The molecule has 0 aliphatic carbocycles. The summed E-state index contributed by atoms with van der Waals surface area (Å²) >= 11 is 0. The average Bonchev–Trinajstić information content (AvgIpc) is 3.02. The Morgan fingerprint density at radius 2 is 1.90 bits per heavy atom.